The van der Waals surface area contributed by atoms with Crippen molar-refractivity contribution < 1.29 is 37.9 Å². The third kappa shape index (κ3) is 4.92. The van der Waals surface area contributed by atoms with E-state index in [2.05, 4.69) is 12.1 Å². The fourth-order valence-electron chi connectivity index (χ4n) is 0.150. The van der Waals surface area contributed by atoms with Gasteiger partial charge in [0, 0.05) is 32.7 Å². The Kier molecular flexibility index (Phi) is 5.79. The van der Waals surface area contributed by atoms with Crippen molar-refractivity contribution in [3.8, 4) is 0 Å². The molecule has 0 aromatic heterocycles. The summed E-state index contributed by atoms with van der Waals surface area (Å²) in [7, 11) is 0. The second-order valence-electron chi connectivity index (χ2n) is 2.80. The molecule has 0 aliphatic rings. The van der Waals surface area contributed by atoms with Crippen molar-refractivity contribution >= 4 is 5.71 Å². The Morgan fingerprint density at radius 2 is 1.78 bits per heavy atom. The summed E-state index contributed by atoms with van der Waals surface area (Å²) in [6.45, 7) is 9.35. The van der Waals surface area contributed by atoms with Crippen molar-refractivity contribution in [2.75, 3.05) is 0 Å². The first kappa shape index (κ1) is 12.2. The molecule has 3 heteroatoms. The number of nitrogens with zero attached hydrogens (tertiary/aromatic N) is 1. The van der Waals surface area contributed by atoms with E-state index < -0.39 is 0 Å². The normalized spacial score (nSPS) is 12.6. The van der Waals surface area contributed by atoms with E-state index in [0.29, 0.717) is 5.71 Å². The van der Waals surface area contributed by atoms with E-state index in [4.69, 9.17) is 5.21 Å². The molecule has 0 aromatic carbocycles. The first-order chi connectivity index (χ1) is 3.48. The molecule has 0 bridgehead atoms. The van der Waals surface area contributed by atoms with Gasteiger partial charge in [0.25, 0.3) is 0 Å². The van der Waals surface area contributed by atoms with E-state index in [1.165, 1.54) is 0 Å². The van der Waals surface area contributed by atoms with Crippen LogP contribution in [0.1, 0.15) is 20.8 Å². The summed E-state index contributed by atoms with van der Waals surface area (Å²) in [4.78, 5) is 0. The fraction of sp³-hybridized carbons (Fsp3) is 0.667. The zero-order chi connectivity index (χ0) is 6.78. The first-order valence-electron chi connectivity index (χ1n) is 2.53. The van der Waals surface area contributed by atoms with Crippen molar-refractivity contribution in [3.05, 3.63) is 6.92 Å². The van der Waals surface area contributed by atoms with E-state index >= 15 is 0 Å². The minimum absolute atomic E-state index is 0. The van der Waals surface area contributed by atoms with Crippen LogP contribution in [0.3, 0.4) is 0 Å². The van der Waals surface area contributed by atoms with Gasteiger partial charge in [0.2, 0.25) is 0 Å². The third-order valence-corrected chi connectivity index (χ3v) is 0.986. The molecule has 0 saturated heterocycles. The molecule has 1 radical (unpaired) electrons. The van der Waals surface area contributed by atoms with E-state index in [9.17, 15) is 0 Å². The Morgan fingerprint density at radius 3 is 1.78 bits per heavy atom. The van der Waals surface area contributed by atoms with Crippen molar-refractivity contribution in [2.24, 2.45) is 10.6 Å². The van der Waals surface area contributed by atoms with E-state index in [0.717, 1.165) is 0 Å². The molecule has 0 aromatic rings. The van der Waals surface area contributed by atoms with Gasteiger partial charge in [-0.3, -0.25) is 0 Å². The van der Waals surface area contributed by atoms with Gasteiger partial charge in [-0.05, 0) is 5.41 Å². The van der Waals surface area contributed by atoms with Gasteiger partial charge < -0.3 is 12.1 Å². The van der Waals surface area contributed by atoms with Crippen LogP contribution in [0, 0.1) is 12.3 Å². The SMILES string of the molecule is [CH2-]C(=NO)C(C)(C)C.[Y]. The minimum Gasteiger partial charge on any atom is -0.413 e. The molecule has 9 heavy (non-hydrogen) atoms. The Morgan fingerprint density at radius 1 is 1.44 bits per heavy atom. The summed E-state index contributed by atoms with van der Waals surface area (Å²) in [6, 6.07) is 0. The van der Waals surface area contributed by atoms with Gasteiger partial charge in [-0.15, -0.1) is 5.16 Å². The summed E-state index contributed by atoms with van der Waals surface area (Å²) in [5, 5.41) is 11.2. The van der Waals surface area contributed by atoms with Gasteiger partial charge in [-0.2, -0.15) is 0 Å². The molecule has 0 spiro atoms. The van der Waals surface area contributed by atoms with Crippen molar-refractivity contribution in [1.29, 1.82) is 0 Å². The summed E-state index contributed by atoms with van der Waals surface area (Å²) < 4.78 is 0. The second-order valence-corrected chi connectivity index (χ2v) is 2.80. The van der Waals surface area contributed by atoms with Crippen LogP contribution in [0.15, 0.2) is 5.16 Å². The zero-order valence-corrected chi connectivity index (χ0v) is 9.02. The maximum absolute atomic E-state index is 8.20. The standard InChI is InChI=1S/C6H12NO.Y/c1-5(7-8)6(2,3)4;/h8H,1H2,2-4H3;/q-1;. The van der Waals surface area contributed by atoms with E-state index in [-0.39, 0.29) is 38.1 Å². The number of oxime groups is 1. The topological polar surface area (TPSA) is 32.6 Å². The molecule has 0 atom stereocenters. The molecule has 0 heterocycles. The van der Waals surface area contributed by atoms with E-state index in [1.807, 2.05) is 20.8 Å². The molecular formula is C6H12NOY-. The molecule has 1 N–H and O–H groups in total. The second kappa shape index (κ2) is 4.29. The Hall–Kier alpha value is 0.444. The van der Waals surface area contributed by atoms with Gasteiger partial charge in [0.05, 0.1) is 0 Å². The van der Waals surface area contributed by atoms with Gasteiger partial charge in [0.15, 0.2) is 0 Å². The number of hydrogen-bond acceptors (Lipinski definition) is 2. The molecule has 0 saturated carbocycles. The van der Waals surface area contributed by atoms with Gasteiger partial charge >= 0.3 is 0 Å². The van der Waals surface area contributed by atoms with Crippen molar-refractivity contribution in [3.63, 3.8) is 0 Å². The molecule has 51 valence electrons. The number of hydrogen-bond donors (Lipinski definition) is 1. The Labute approximate surface area is 81.6 Å². The first-order valence-corrected chi connectivity index (χ1v) is 2.53. The van der Waals surface area contributed by atoms with Gasteiger partial charge in [0.1, 0.15) is 0 Å². The molecule has 0 fully saturated rings. The third-order valence-electron chi connectivity index (χ3n) is 0.986. The minimum atomic E-state index is -0.102. The van der Waals surface area contributed by atoms with Crippen molar-refractivity contribution in [2.45, 2.75) is 20.8 Å². The average molecular weight is 203 g/mol. The molecule has 0 aliphatic heterocycles. The molecule has 0 amide bonds. The van der Waals surface area contributed by atoms with Crippen LogP contribution >= 0.6 is 0 Å². The summed E-state index contributed by atoms with van der Waals surface area (Å²) in [5.41, 5.74) is 0.409. The fourth-order valence-corrected chi connectivity index (χ4v) is 0.150. The average Bonchev–Trinajstić information content (AvgIpc) is 1.62. The van der Waals surface area contributed by atoms with Gasteiger partial charge in [-0.25, -0.2) is 0 Å². The molecule has 0 rings (SSSR count). The monoisotopic (exact) mass is 203 g/mol. The quantitative estimate of drug-likeness (QED) is 0.276. The Bertz CT molecular complexity index is 104. The zero-order valence-electron chi connectivity index (χ0n) is 6.18. The largest absolute Gasteiger partial charge is 0.413 e. The smallest absolute Gasteiger partial charge is 0 e. The predicted molar refractivity (Wildman–Crippen MR) is 34.0 cm³/mol. The van der Waals surface area contributed by atoms with Crippen LogP contribution in [-0.2, 0) is 32.7 Å². The number of rotatable bonds is 0. The molecular weight excluding hydrogens is 191 g/mol. The van der Waals surface area contributed by atoms with E-state index in [1.54, 1.807) is 0 Å². The van der Waals surface area contributed by atoms with Crippen LogP contribution in [0.25, 0.3) is 0 Å². The summed E-state index contributed by atoms with van der Waals surface area (Å²) in [6.07, 6.45) is 0. The molecule has 2 nitrogen and oxygen atoms in total. The summed E-state index contributed by atoms with van der Waals surface area (Å²) >= 11 is 0. The Balaban J connectivity index is 0. The maximum Gasteiger partial charge on any atom is 0 e. The van der Waals surface area contributed by atoms with Crippen LogP contribution < -0.4 is 0 Å². The van der Waals surface area contributed by atoms with Crippen LogP contribution in [-0.4, -0.2) is 10.9 Å². The van der Waals surface area contributed by atoms with Crippen LogP contribution in [0.2, 0.25) is 0 Å². The van der Waals surface area contributed by atoms with Crippen LogP contribution in [0.5, 0.6) is 0 Å². The molecule has 0 aliphatic carbocycles. The summed E-state index contributed by atoms with van der Waals surface area (Å²) in [5.74, 6) is 0. The maximum atomic E-state index is 8.20. The van der Waals surface area contributed by atoms with Crippen molar-refractivity contribution in [1.82, 2.24) is 0 Å². The van der Waals surface area contributed by atoms with Crippen LogP contribution in [0.4, 0.5) is 0 Å². The van der Waals surface area contributed by atoms with Gasteiger partial charge in [-0.1, -0.05) is 26.5 Å². The predicted octanol–water partition coefficient (Wildman–Crippen LogP) is 1.69. The molecule has 0 unspecified atom stereocenters.